The largest absolute Gasteiger partial charge is 0.507 e. The van der Waals surface area contributed by atoms with Gasteiger partial charge in [-0.15, -0.1) is 0 Å². The third-order valence-corrected chi connectivity index (χ3v) is 2.39. The summed E-state index contributed by atoms with van der Waals surface area (Å²) >= 11 is 3.35. The highest BCUT2D eigenvalue weighted by Crippen LogP contribution is 2.33. The minimum absolute atomic E-state index is 0.212. The predicted molar refractivity (Wildman–Crippen MR) is 53.4 cm³/mol. The van der Waals surface area contributed by atoms with Crippen molar-refractivity contribution >= 4 is 15.9 Å². The highest BCUT2D eigenvalue weighted by molar-refractivity contribution is 9.10. The Hall–Kier alpha value is -1.29. The smallest absolute Gasteiger partial charge is 0.142 e. The van der Waals surface area contributed by atoms with Crippen molar-refractivity contribution in [2.75, 3.05) is 0 Å². The van der Waals surface area contributed by atoms with Gasteiger partial charge in [0.05, 0.1) is 5.56 Å². The molecule has 2 rings (SSSR count). The standard InChI is InChI=1S/C9H7BrN2O/c10-6-2-1-3-7(13)8(6)9-11-4-5-12-9/h1-5,13H,(H,11,12). The minimum Gasteiger partial charge on any atom is -0.507 e. The van der Waals surface area contributed by atoms with Gasteiger partial charge in [0.1, 0.15) is 11.6 Å². The van der Waals surface area contributed by atoms with Crippen molar-refractivity contribution < 1.29 is 5.11 Å². The molecule has 0 bridgehead atoms. The molecule has 2 aromatic rings. The van der Waals surface area contributed by atoms with Gasteiger partial charge in [0.15, 0.2) is 0 Å². The van der Waals surface area contributed by atoms with Crippen LogP contribution < -0.4 is 0 Å². The number of nitrogens with one attached hydrogen (secondary N) is 1. The maximum absolute atomic E-state index is 9.57. The quantitative estimate of drug-likeness (QED) is 0.803. The van der Waals surface area contributed by atoms with Crippen LogP contribution in [0.2, 0.25) is 0 Å². The summed E-state index contributed by atoms with van der Waals surface area (Å²) in [7, 11) is 0. The number of rotatable bonds is 1. The van der Waals surface area contributed by atoms with Gasteiger partial charge >= 0.3 is 0 Å². The third-order valence-electron chi connectivity index (χ3n) is 1.73. The molecule has 0 saturated carbocycles. The monoisotopic (exact) mass is 238 g/mol. The van der Waals surface area contributed by atoms with Gasteiger partial charge in [-0.05, 0) is 28.1 Å². The van der Waals surface area contributed by atoms with Crippen LogP contribution in [0.15, 0.2) is 35.1 Å². The second-order valence-corrected chi connectivity index (χ2v) is 3.43. The first-order valence-electron chi connectivity index (χ1n) is 3.76. The molecule has 4 heteroatoms. The van der Waals surface area contributed by atoms with E-state index in [1.807, 2.05) is 6.07 Å². The zero-order chi connectivity index (χ0) is 9.26. The first-order chi connectivity index (χ1) is 6.29. The lowest BCUT2D eigenvalue weighted by Gasteiger charge is -2.02. The predicted octanol–water partition coefficient (Wildman–Crippen LogP) is 2.54. The van der Waals surface area contributed by atoms with Gasteiger partial charge in [-0.25, -0.2) is 4.98 Å². The van der Waals surface area contributed by atoms with Crippen molar-refractivity contribution in [2.24, 2.45) is 0 Å². The first-order valence-corrected chi connectivity index (χ1v) is 4.55. The topological polar surface area (TPSA) is 48.9 Å². The molecule has 0 aliphatic rings. The first kappa shape index (κ1) is 8.31. The Balaban J connectivity index is 2.64. The summed E-state index contributed by atoms with van der Waals surface area (Å²) < 4.78 is 0.822. The molecule has 0 fully saturated rings. The molecule has 3 nitrogen and oxygen atoms in total. The number of aromatic hydroxyl groups is 1. The zero-order valence-electron chi connectivity index (χ0n) is 6.66. The Labute approximate surface area is 83.6 Å². The molecule has 1 aromatic carbocycles. The number of phenols is 1. The summed E-state index contributed by atoms with van der Waals surface area (Å²) in [5.41, 5.74) is 0.688. The molecule has 66 valence electrons. The summed E-state index contributed by atoms with van der Waals surface area (Å²) in [5, 5.41) is 9.57. The van der Waals surface area contributed by atoms with E-state index in [0.717, 1.165) is 4.47 Å². The van der Waals surface area contributed by atoms with E-state index in [9.17, 15) is 5.11 Å². The number of hydrogen-bond acceptors (Lipinski definition) is 2. The van der Waals surface area contributed by atoms with Crippen molar-refractivity contribution in [1.29, 1.82) is 0 Å². The van der Waals surface area contributed by atoms with Crippen molar-refractivity contribution in [3.8, 4) is 17.1 Å². The Morgan fingerprint density at radius 1 is 1.38 bits per heavy atom. The molecule has 0 amide bonds. The van der Waals surface area contributed by atoms with Crippen LogP contribution >= 0.6 is 15.9 Å². The number of benzene rings is 1. The lowest BCUT2D eigenvalue weighted by molar-refractivity contribution is 0.476. The van der Waals surface area contributed by atoms with Crippen LogP contribution in [-0.2, 0) is 0 Å². The Morgan fingerprint density at radius 3 is 2.85 bits per heavy atom. The Bertz CT molecular complexity index is 391. The van der Waals surface area contributed by atoms with Crippen LogP contribution in [0.25, 0.3) is 11.4 Å². The molecule has 1 aromatic heterocycles. The van der Waals surface area contributed by atoms with Crippen molar-refractivity contribution in [2.45, 2.75) is 0 Å². The van der Waals surface area contributed by atoms with Gasteiger partial charge in [-0.3, -0.25) is 0 Å². The van der Waals surface area contributed by atoms with Crippen LogP contribution in [0.1, 0.15) is 0 Å². The van der Waals surface area contributed by atoms with Gasteiger partial charge in [0.25, 0.3) is 0 Å². The van der Waals surface area contributed by atoms with Gasteiger partial charge in [-0.1, -0.05) is 6.07 Å². The zero-order valence-corrected chi connectivity index (χ0v) is 8.25. The maximum Gasteiger partial charge on any atom is 0.142 e. The number of imidazole rings is 1. The van der Waals surface area contributed by atoms with E-state index in [-0.39, 0.29) is 5.75 Å². The van der Waals surface area contributed by atoms with E-state index in [1.165, 1.54) is 0 Å². The second kappa shape index (κ2) is 3.22. The average molecular weight is 239 g/mol. The summed E-state index contributed by atoms with van der Waals surface area (Å²) in [4.78, 5) is 7.00. The number of aromatic amines is 1. The number of nitrogens with zero attached hydrogens (tertiary/aromatic N) is 1. The maximum atomic E-state index is 9.57. The lowest BCUT2D eigenvalue weighted by atomic mass is 10.2. The molecular formula is C9H7BrN2O. The Kier molecular flexibility index (Phi) is 2.06. The van der Waals surface area contributed by atoms with Crippen LogP contribution in [0.3, 0.4) is 0 Å². The highest BCUT2D eigenvalue weighted by atomic mass is 79.9. The van der Waals surface area contributed by atoms with E-state index in [4.69, 9.17) is 0 Å². The highest BCUT2D eigenvalue weighted by Gasteiger charge is 2.09. The average Bonchev–Trinajstić information content (AvgIpc) is 2.57. The molecule has 1 heterocycles. The molecule has 0 unspecified atom stereocenters. The molecule has 0 spiro atoms. The SMILES string of the molecule is Oc1cccc(Br)c1-c1ncc[nH]1. The van der Waals surface area contributed by atoms with Gasteiger partial charge in [-0.2, -0.15) is 0 Å². The molecule has 0 radical (unpaired) electrons. The summed E-state index contributed by atoms with van der Waals surface area (Å²) in [6, 6.07) is 5.26. The molecule has 0 aliphatic heterocycles. The van der Waals surface area contributed by atoms with E-state index >= 15 is 0 Å². The van der Waals surface area contributed by atoms with Gasteiger partial charge in [0.2, 0.25) is 0 Å². The summed E-state index contributed by atoms with van der Waals surface area (Å²) in [6.07, 6.45) is 3.36. The van der Waals surface area contributed by atoms with Gasteiger partial charge in [0, 0.05) is 16.9 Å². The fourth-order valence-corrected chi connectivity index (χ4v) is 1.69. The fourth-order valence-electron chi connectivity index (χ4n) is 1.15. The lowest BCUT2D eigenvalue weighted by Crippen LogP contribution is -1.82. The minimum atomic E-state index is 0.212. The van der Waals surface area contributed by atoms with Crippen LogP contribution in [0.4, 0.5) is 0 Å². The van der Waals surface area contributed by atoms with E-state index in [1.54, 1.807) is 24.5 Å². The number of aromatic nitrogens is 2. The van der Waals surface area contributed by atoms with Crippen LogP contribution in [0, 0.1) is 0 Å². The van der Waals surface area contributed by atoms with E-state index < -0.39 is 0 Å². The molecule has 13 heavy (non-hydrogen) atoms. The van der Waals surface area contributed by atoms with E-state index in [0.29, 0.717) is 11.4 Å². The fraction of sp³-hybridized carbons (Fsp3) is 0. The normalized spacial score (nSPS) is 10.2. The van der Waals surface area contributed by atoms with Crippen LogP contribution in [-0.4, -0.2) is 15.1 Å². The number of phenolic OH excluding ortho intramolecular Hbond substituents is 1. The molecule has 0 saturated heterocycles. The number of hydrogen-bond donors (Lipinski definition) is 2. The summed E-state index contributed by atoms with van der Waals surface area (Å²) in [5.74, 6) is 0.870. The number of H-pyrrole nitrogens is 1. The third kappa shape index (κ3) is 1.45. The van der Waals surface area contributed by atoms with Crippen LogP contribution in [0.5, 0.6) is 5.75 Å². The molecule has 0 atom stereocenters. The molecule has 0 aliphatic carbocycles. The second-order valence-electron chi connectivity index (χ2n) is 2.57. The molecular weight excluding hydrogens is 232 g/mol. The van der Waals surface area contributed by atoms with Crippen molar-refractivity contribution in [3.63, 3.8) is 0 Å². The Morgan fingerprint density at radius 2 is 2.23 bits per heavy atom. The van der Waals surface area contributed by atoms with Gasteiger partial charge < -0.3 is 10.1 Å². The van der Waals surface area contributed by atoms with Crippen molar-refractivity contribution in [1.82, 2.24) is 9.97 Å². The molecule has 2 N–H and O–H groups in total. The summed E-state index contributed by atoms with van der Waals surface area (Å²) in [6.45, 7) is 0. The number of halogens is 1. The van der Waals surface area contributed by atoms with Crippen molar-refractivity contribution in [3.05, 3.63) is 35.1 Å². The van der Waals surface area contributed by atoms with E-state index in [2.05, 4.69) is 25.9 Å².